The normalized spacial score (nSPS) is 16.9. The zero-order valence-corrected chi connectivity index (χ0v) is 12.3. The molecule has 2 rings (SSSR count). The molecule has 0 aromatic heterocycles. The number of rotatable bonds is 3. The molecule has 1 aliphatic heterocycles. The van der Waals surface area contributed by atoms with Gasteiger partial charge in [-0.2, -0.15) is 0 Å². The van der Waals surface area contributed by atoms with Crippen LogP contribution in [0.15, 0.2) is 18.2 Å². The number of hydrogen-bond acceptors (Lipinski definition) is 3. The summed E-state index contributed by atoms with van der Waals surface area (Å²) in [5, 5.41) is 13.5. The first-order chi connectivity index (χ1) is 9.59. The molecule has 7 heteroatoms. The van der Waals surface area contributed by atoms with Gasteiger partial charge >= 0.3 is 6.03 Å². The van der Waals surface area contributed by atoms with Crippen molar-refractivity contribution < 1.29 is 14.6 Å². The van der Waals surface area contributed by atoms with Crippen molar-refractivity contribution in [3.8, 4) is 0 Å². The second kappa shape index (κ2) is 7.13. The molecule has 0 bridgehead atoms. The molecule has 1 atom stereocenters. The summed E-state index contributed by atoms with van der Waals surface area (Å²) >= 11 is 12.0. The van der Waals surface area contributed by atoms with Gasteiger partial charge < -0.3 is 20.1 Å². The number of carbonyl (C=O) groups is 1. The summed E-state index contributed by atoms with van der Waals surface area (Å²) in [6.07, 6.45) is -0.943. The average Bonchev–Trinajstić information content (AvgIpc) is 2.45. The predicted octanol–water partition coefficient (Wildman–Crippen LogP) is 2.07. The number of morpholine rings is 1. The molecular weight excluding hydrogens is 303 g/mol. The Morgan fingerprint density at radius 3 is 2.55 bits per heavy atom. The minimum atomic E-state index is -0.943. The minimum Gasteiger partial charge on any atom is -0.386 e. The Morgan fingerprint density at radius 2 is 1.95 bits per heavy atom. The maximum atomic E-state index is 11.9. The molecule has 0 saturated carbocycles. The number of urea groups is 1. The Morgan fingerprint density at radius 1 is 1.35 bits per heavy atom. The van der Waals surface area contributed by atoms with Gasteiger partial charge in [-0.1, -0.05) is 29.3 Å². The van der Waals surface area contributed by atoms with Crippen molar-refractivity contribution in [2.24, 2.45) is 0 Å². The molecule has 5 nitrogen and oxygen atoms in total. The number of amides is 2. The monoisotopic (exact) mass is 318 g/mol. The molecule has 1 saturated heterocycles. The summed E-state index contributed by atoms with van der Waals surface area (Å²) in [6.45, 7) is 2.22. The molecule has 2 N–H and O–H groups in total. The Bertz CT molecular complexity index is 458. The smallest absolute Gasteiger partial charge is 0.317 e. The maximum absolute atomic E-state index is 11.9. The van der Waals surface area contributed by atoms with Gasteiger partial charge in [-0.05, 0) is 12.1 Å². The minimum absolute atomic E-state index is 0.0552. The molecule has 0 spiro atoms. The summed E-state index contributed by atoms with van der Waals surface area (Å²) < 4.78 is 5.17. The number of carbonyl (C=O) groups excluding carboxylic acids is 1. The van der Waals surface area contributed by atoms with Crippen LogP contribution >= 0.6 is 23.2 Å². The summed E-state index contributed by atoms with van der Waals surface area (Å²) in [6, 6.07) is 4.77. The van der Waals surface area contributed by atoms with E-state index in [4.69, 9.17) is 27.9 Å². The van der Waals surface area contributed by atoms with Crippen molar-refractivity contribution in [3.63, 3.8) is 0 Å². The highest BCUT2D eigenvalue weighted by Crippen LogP contribution is 2.29. The number of ether oxygens (including phenoxy) is 1. The Balaban J connectivity index is 1.91. The highest BCUT2D eigenvalue weighted by Gasteiger charge is 2.20. The molecule has 1 aromatic carbocycles. The molecule has 1 unspecified atom stereocenters. The van der Waals surface area contributed by atoms with E-state index in [9.17, 15) is 9.90 Å². The third-order valence-corrected chi connectivity index (χ3v) is 3.74. The van der Waals surface area contributed by atoms with E-state index in [0.717, 1.165) is 0 Å². The molecular formula is C13H16Cl2N2O3. The lowest BCUT2D eigenvalue weighted by molar-refractivity contribution is 0.0521. The Kier molecular flexibility index (Phi) is 5.48. The quantitative estimate of drug-likeness (QED) is 0.896. The number of benzene rings is 1. The van der Waals surface area contributed by atoms with E-state index < -0.39 is 6.10 Å². The van der Waals surface area contributed by atoms with Crippen molar-refractivity contribution in [1.82, 2.24) is 10.2 Å². The van der Waals surface area contributed by atoms with Gasteiger partial charge in [-0.3, -0.25) is 0 Å². The first-order valence-electron chi connectivity index (χ1n) is 6.32. The third kappa shape index (κ3) is 3.76. The zero-order valence-electron chi connectivity index (χ0n) is 10.8. The number of aliphatic hydroxyl groups is 1. The van der Waals surface area contributed by atoms with Gasteiger partial charge in [0.2, 0.25) is 0 Å². The van der Waals surface area contributed by atoms with Crippen LogP contribution in [0.1, 0.15) is 11.7 Å². The lowest BCUT2D eigenvalue weighted by atomic mass is 10.1. The summed E-state index contributed by atoms with van der Waals surface area (Å²) in [7, 11) is 0. The van der Waals surface area contributed by atoms with Crippen LogP contribution in [0, 0.1) is 0 Å². The number of halogens is 2. The summed E-state index contributed by atoms with van der Waals surface area (Å²) in [5.41, 5.74) is 0.429. The second-order valence-electron chi connectivity index (χ2n) is 4.44. The fraction of sp³-hybridized carbons (Fsp3) is 0.462. The number of aliphatic hydroxyl groups excluding tert-OH is 1. The van der Waals surface area contributed by atoms with Gasteiger partial charge in [0.25, 0.3) is 0 Å². The molecule has 110 valence electrons. The van der Waals surface area contributed by atoms with E-state index in [2.05, 4.69) is 5.32 Å². The highest BCUT2D eigenvalue weighted by molar-refractivity contribution is 6.36. The number of hydrogen-bond donors (Lipinski definition) is 2. The van der Waals surface area contributed by atoms with Crippen LogP contribution in [-0.4, -0.2) is 48.9 Å². The largest absolute Gasteiger partial charge is 0.386 e. The van der Waals surface area contributed by atoms with Gasteiger partial charge in [0, 0.05) is 35.2 Å². The molecule has 20 heavy (non-hydrogen) atoms. The van der Waals surface area contributed by atoms with E-state index in [0.29, 0.717) is 41.9 Å². The van der Waals surface area contributed by atoms with Gasteiger partial charge in [-0.15, -0.1) is 0 Å². The van der Waals surface area contributed by atoms with Crippen molar-refractivity contribution in [2.75, 3.05) is 32.8 Å². The first kappa shape index (κ1) is 15.4. The van der Waals surface area contributed by atoms with Gasteiger partial charge in [0.15, 0.2) is 0 Å². The van der Waals surface area contributed by atoms with E-state index in [-0.39, 0.29) is 12.6 Å². The third-order valence-electron chi connectivity index (χ3n) is 3.08. The SMILES string of the molecule is O=C(NCC(O)c1c(Cl)cccc1Cl)N1CCOCC1. The van der Waals surface area contributed by atoms with Crippen LogP contribution in [0.25, 0.3) is 0 Å². The van der Waals surface area contributed by atoms with Crippen LogP contribution < -0.4 is 5.32 Å². The Hall–Kier alpha value is -1.01. The molecule has 1 heterocycles. The summed E-state index contributed by atoms with van der Waals surface area (Å²) in [5.74, 6) is 0. The lowest BCUT2D eigenvalue weighted by Gasteiger charge is -2.27. The fourth-order valence-electron chi connectivity index (χ4n) is 1.99. The van der Waals surface area contributed by atoms with Crippen molar-refractivity contribution in [3.05, 3.63) is 33.8 Å². The molecule has 0 radical (unpaired) electrons. The van der Waals surface area contributed by atoms with Gasteiger partial charge in [0.05, 0.1) is 19.3 Å². The van der Waals surface area contributed by atoms with Crippen molar-refractivity contribution in [2.45, 2.75) is 6.10 Å². The van der Waals surface area contributed by atoms with Crippen LogP contribution in [0.5, 0.6) is 0 Å². The van der Waals surface area contributed by atoms with Crippen molar-refractivity contribution >= 4 is 29.2 Å². The van der Waals surface area contributed by atoms with E-state index in [1.165, 1.54) is 0 Å². The second-order valence-corrected chi connectivity index (χ2v) is 5.25. The predicted molar refractivity (Wildman–Crippen MR) is 77.2 cm³/mol. The van der Waals surface area contributed by atoms with Gasteiger partial charge in [0.1, 0.15) is 0 Å². The molecule has 0 aliphatic carbocycles. The van der Waals surface area contributed by atoms with E-state index in [1.807, 2.05) is 0 Å². The lowest BCUT2D eigenvalue weighted by Crippen LogP contribution is -2.47. The molecule has 2 amide bonds. The first-order valence-corrected chi connectivity index (χ1v) is 7.07. The van der Waals surface area contributed by atoms with Crippen LogP contribution in [-0.2, 0) is 4.74 Å². The fourth-order valence-corrected chi connectivity index (χ4v) is 2.64. The maximum Gasteiger partial charge on any atom is 0.317 e. The highest BCUT2D eigenvalue weighted by atomic mass is 35.5. The topological polar surface area (TPSA) is 61.8 Å². The number of nitrogens with one attached hydrogen (secondary N) is 1. The van der Waals surface area contributed by atoms with Gasteiger partial charge in [-0.25, -0.2) is 4.79 Å². The standard InChI is InChI=1S/C13H16Cl2N2O3/c14-9-2-1-3-10(15)12(9)11(18)8-16-13(19)17-4-6-20-7-5-17/h1-3,11,18H,4-8H2,(H,16,19). The van der Waals surface area contributed by atoms with Crippen LogP contribution in [0.4, 0.5) is 4.79 Å². The summed E-state index contributed by atoms with van der Waals surface area (Å²) in [4.78, 5) is 13.5. The van der Waals surface area contributed by atoms with Crippen molar-refractivity contribution in [1.29, 1.82) is 0 Å². The van der Waals surface area contributed by atoms with E-state index >= 15 is 0 Å². The Labute approximate surface area is 127 Å². The molecule has 1 fully saturated rings. The average molecular weight is 319 g/mol. The van der Waals surface area contributed by atoms with E-state index in [1.54, 1.807) is 23.1 Å². The van der Waals surface area contributed by atoms with Crippen LogP contribution in [0.2, 0.25) is 10.0 Å². The molecule has 1 aromatic rings. The zero-order chi connectivity index (χ0) is 14.5. The molecule has 1 aliphatic rings. The van der Waals surface area contributed by atoms with Crippen LogP contribution in [0.3, 0.4) is 0 Å². The number of nitrogens with zero attached hydrogens (tertiary/aromatic N) is 1.